The van der Waals surface area contributed by atoms with E-state index in [9.17, 15) is 30.4 Å². The van der Waals surface area contributed by atoms with Crippen molar-refractivity contribution in [1.29, 1.82) is 5.26 Å². The van der Waals surface area contributed by atoms with Gasteiger partial charge in [0.15, 0.2) is 0 Å². The molecule has 7 rings (SSSR count). The number of nitriles is 1. The van der Waals surface area contributed by atoms with E-state index in [2.05, 4.69) is 23.7 Å². The SMILES string of the molecule is C=CCO[C@@]12Oc3ccc(OCc4cccc(C)n4)cc3[C@H]3[C@H](CCCCO)[C@@H](CCCCO)C=C(C(=NOCc4ccc([N+](=O)[O-])cc4)C[C@@H]1N(C)C(=O)c1ccc(C#N)cc1)[C@H]32. The number of aliphatic hydroxyl groups excluding tert-OH is 2. The summed E-state index contributed by atoms with van der Waals surface area (Å²) in [7, 11) is 1.72. The Kier molecular flexibility index (Phi) is 14.9. The Morgan fingerprint density at radius 1 is 1.05 bits per heavy atom. The molecule has 1 fully saturated rings. The van der Waals surface area contributed by atoms with Crippen molar-refractivity contribution in [1.82, 2.24) is 9.88 Å². The number of allylic oxidation sites excluding steroid dienone is 1. The maximum atomic E-state index is 14.6. The van der Waals surface area contributed by atoms with Crippen LogP contribution in [0.25, 0.3) is 0 Å². The zero-order valence-corrected chi connectivity index (χ0v) is 36.3. The number of hydrogen-bond donors (Lipinski definition) is 2. The highest BCUT2D eigenvalue weighted by Crippen LogP contribution is 2.62. The Morgan fingerprint density at radius 3 is 2.48 bits per heavy atom. The molecule has 6 atom stereocenters. The van der Waals surface area contributed by atoms with Crippen molar-refractivity contribution in [2.45, 2.75) is 82.8 Å². The zero-order valence-electron chi connectivity index (χ0n) is 36.3. The Morgan fingerprint density at radius 2 is 1.80 bits per heavy atom. The summed E-state index contributed by atoms with van der Waals surface area (Å²) in [4.78, 5) is 37.9. The number of unbranched alkanes of at least 4 members (excludes halogenated alkanes) is 2. The van der Waals surface area contributed by atoms with Crippen LogP contribution in [0.1, 0.15) is 89.3 Å². The quantitative estimate of drug-likeness (QED) is 0.0376. The van der Waals surface area contributed by atoms with Gasteiger partial charge in [0.25, 0.3) is 11.6 Å². The monoisotopic (exact) mass is 869 g/mol. The molecule has 64 heavy (non-hydrogen) atoms. The number of nitro benzene ring substituents is 1. The van der Waals surface area contributed by atoms with Gasteiger partial charge in [0, 0.05) is 61.6 Å². The number of ether oxygens (including phenoxy) is 3. The maximum Gasteiger partial charge on any atom is 0.269 e. The summed E-state index contributed by atoms with van der Waals surface area (Å²) in [6, 6.07) is 25.6. The summed E-state index contributed by atoms with van der Waals surface area (Å²) in [5, 5.41) is 45.5. The van der Waals surface area contributed by atoms with E-state index in [4.69, 9.17) is 24.2 Å². The summed E-state index contributed by atoms with van der Waals surface area (Å²) < 4.78 is 20.7. The van der Waals surface area contributed by atoms with Gasteiger partial charge in [-0.15, -0.1) is 6.58 Å². The first-order chi connectivity index (χ1) is 31.1. The third-order valence-electron chi connectivity index (χ3n) is 12.6. The average Bonchev–Trinajstić information content (AvgIpc) is 3.31. The second-order valence-electron chi connectivity index (χ2n) is 16.6. The number of non-ortho nitro benzene ring substituents is 1. The third kappa shape index (κ3) is 9.87. The van der Waals surface area contributed by atoms with Gasteiger partial charge in [-0.3, -0.25) is 19.9 Å². The van der Waals surface area contributed by atoms with Crippen molar-refractivity contribution in [2.24, 2.45) is 22.9 Å². The molecule has 0 spiro atoms. The summed E-state index contributed by atoms with van der Waals surface area (Å²) in [5.74, 6) is -1.35. The number of rotatable bonds is 20. The van der Waals surface area contributed by atoms with Crippen LogP contribution in [0.3, 0.4) is 0 Å². The van der Waals surface area contributed by atoms with E-state index in [1.165, 1.54) is 12.1 Å². The van der Waals surface area contributed by atoms with Crippen molar-refractivity contribution in [3.63, 3.8) is 0 Å². The Hall–Kier alpha value is -6.40. The van der Waals surface area contributed by atoms with E-state index in [1.807, 2.05) is 43.3 Å². The molecule has 1 amide bonds. The Balaban J connectivity index is 1.39. The first-order valence-corrected chi connectivity index (χ1v) is 21.9. The van der Waals surface area contributed by atoms with E-state index in [0.717, 1.165) is 48.2 Å². The number of carbonyl (C=O) groups is 1. The number of benzene rings is 3. The van der Waals surface area contributed by atoms with Crippen LogP contribution in [0, 0.1) is 46.1 Å². The number of hydrogen-bond acceptors (Lipinski definition) is 12. The van der Waals surface area contributed by atoms with Crippen LogP contribution in [0.15, 0.2) is 114 Å². The minimum Gasteiger partial charge on any atom is -0.487 e. The van der Waals surface area contributed by atoms with Gasteiger partial charge >= 0.3 is 0 Å². The molecular weight excluding hydrogens is 815 g/mol. The van der Waals surface area contributed by atoms with Crippen LogP contribution in [-0.2, 0) is 22.8 Å². The number of aromatic nitrogens is 1. The van der Waals surface area contributed by atoms with Crippen molar-refractivity contribution in [2.75, 3.05) is 26.9 Å². The summed E-state index contributed by atoms with van der Waals surface area (Å²) in [6.45, 7) is 6.45. The van der Waals surface area contributed by atoms with E-state index in [1.54, 1.807) is 54.4 Å². The molecule has 334 valence electrons. The lowest BCUT2D eigenvalue weighted by atomic mass is 9.55. The molecule has 0 unspecified atom stereocenters. The molecule has 0 saturated heterocycles. The van der Waals surface area contributed by atoms with E-state index < -0.39 is 22.7 Å². The highest BCUT2D eigenvalue weighted by atomic mass is 16.7. The molecule has 2 N–H and O–H groups in total. The number of carbonyl (C=O) groups excluding carboxylic acids is 1. The first-order valence-electron chi connectivity index (χ1n) is 21.9. The molecule has 0 radical (unpaired) electrons. The van der Waals surface area contributed by atoms with Gasteiger partial charge in [-0.2, -0.15) is 5.26 Å². The minimum absolute atomic E-state index is 0.00241. The highest BCUT2D eigenvalue weighted by molar-refractivity contribution is 6.03. The van der Waals surface area contributed by atoms with Gasteiger partial charge in [0.05, 0.1) is 40.5 Å². The Labute approximate surface area is 373 Å². The topological polar surface area (TPSA) is 190 Å². The summed E-state index contributed by atoms with van der Waals surface area (Å²) in [5.41, 5.74) is 5.51. The predicted molar refractivity (Wildman–Crippen MR) is 239 cm³/mol. The number of oxime groups is 1. The van der Waals surface area contributed by atoms with Gasteiger partial charge in [-0.1, -0.05) is 36.2 Å². The molecule has 1 aliphatic heterocycles. The predicted octanol–water partition coefficient (Wildman–Crippen LogP) is 8.35. The van der Waals surface area contributed by atoms with Crippen LogP contribution in [0.2, 0.25) is 0 Å². The lowest BCUT2D eigenvalue weighted by Gasteiger charge is -2.59. The summed E-state index contributed by atoms with van der Waals surface area (Å²) in [6.07, 6.45) is 8.43. The van der Waals surface area contributed by atoms with Crippen LogP contribution >= 0.6 is 0 Å². The molecule has 2 aliphatic carbocycles. The van der Waals surface area contributed by atoms with Crippen LogP contribution in [0.5, 0.6) is 11.5 Å². The number of nitrogens with zero attached hydrogens (tertiary/aromatic N) is 5. The summed E-state index contributed by atoms with van der Waals surface area (Å²) >= 11 is 0. The van der Waals surface area contributed by atoms with Crippen LogP contribution in [0.4, 0.5) is 5.69 Å². The van der Waals surface area contributed by atoms with Crippen molar-refractivity contribution < 1.29 is 39.0 Å². The molecule has 1 aromatic heterocycles. The number of pyridine rings is 1. The number of amides is 1. The number of likely N-dealkylation sites (N-methyl/N-ethyl adjacent to an activating group) is 1. The highest BCUT2D eigenvalue weighted by Gasteiger charge is 2.65. The number of nitro groups is 1. The molecule has 1 saturated carbocycles. The third-order valence-corrected chi connectivity index (χ3v) is 12.6. The van der Waals surface area contributed by atoms with Crippen LogP contribution < -0.4 is 9.47 Å². The Bertz CT molecular complexity index is 2400. The van der Waals surface area contributed by atoms with Crippen LogP contribution in [-0.4, -0.2) is 75.3 Å². The number of fused-ring (bicyclic) bond motifs is 2. The molecule has 14 heteroatoms. The molecule has 0 bridgehead atoms. The average molecular weight is 870 g/mol. The second kappa shape index (κ2) is 20.9. The fourth-order valence-electron chi connectivity index (χ4n) is 9.59. The van der Waals surface area contributed by atoms with E-state index >= 15 is 0 Å². The minimum atomic E-state index is -1.47. The lowest BCUT2D eigenvalue weighted by molar-refractivity contribution is -0.384. The van der Waals surface area contributed by atoms with Crippen molar-refractivity contribution in [3.05, 3.63) is 153 Å². The largest absolute Gasteiger partial charge is 0.487 e. The molecule has 2 heterocycles. The standard InChI is InChI=1S/C50H55N5O9/c1-4-26-62-50-46(54(3)49(58)36-18-14-34(30-51)15-19-36)29-44(53-63-31-35-16-20-39(21-17-35)55(59)60)42-27-37(11-5-7-24-56)41(13-6-8-25-57)47(48(42)50)43-28-40(22-23-45(43)64-50)61-32-38-12-9-10-33(2)52-38/h4,9-10,12,14-23,27-28,37,41,46-48,56-57H,1,5-8,11,13,24-26,29,31-32H2,2-3H3/t37-,41+,46-,47+,48+,50+/m0/s1. The van der Waals surface area contributed by atoms with Gasteiger partial charge in [0.2, 0.25) is 5.79 Å². The fourth-order valence-corrected chi connectivity index (χ4v) is 9.59. The molecule has 4 aromatic rings. The molecule has 3 aromatic carbocycles. The van der Waals surface area contributed by atoms with E-state index in [0.29, 0.717) is 46.7 Å². The number of aryl methyl sites for hydroxylation is 1. The van der Waals surface area contributed by atoms with Gasteiger partial charge in [-0.25, -0.2) is 0 Å². The lowest BCUT2D eigenvalue weighted by Crippen LogP contribution is -2.69. The zero-order chi connectivity index (χ0) is 45.2. The molecule has 3 aliphatic rings. The smallest absolute Gasteiger partial charge is 0.269 e. The maximum absolute atomic E-state index is 14.6. The van der Waals surface area contributed by atoms with Gasteiger partial charge < -0.3 is 34.2 Å². The molecular formula is C50H55N5O9. The van der Waals surface area contributed by atoms with Gasteiger partial charge in [0.1, 0.15) is 30.8 Å². The number of aliphatic hydroxyl groups is 2. The fraction of sp³-hybridized carbons (Fsp3) is 0.400. The van der Waals surface area contributed by atoms with E-state index in [-0.39, 0.29) is 68.8 Å². The van der Waals surface area contributed by atoms with Crippen molar-refractivity contribution >= 4 is 17.3 Å². The molecule has 14 nitrogen and oxygen atoms in total. The van der Waals surface area contributed by atoms with Crippen molar-refractivity contribution in [3.8, 4) is 17.6 Å². The normalized spacial score (nSPS) is 22.5. The van der Waals surface area contributed by atoms with Gasteiger partial charge in [-0.05, 0) is 122 Å². The second-order valence-corrected chi connectivity index (χ2v) is 16.6. The first kappa shape index (κ1) is 45.6.